The van der Waals surface area contributed by atoms with Crippen molar-refractivity contribution in [3.63, 3.8) is 0 Å². The van der Waals surface area contributed by atoms with Gasteiger partial charge in [0.05, 0.1) is 6.61 Å². The van der Waals surface area contributed by atoms with Crippen LogP contribution in [0.3, 0.4) is 0 Å². The molecule has 5 nitrogen and oxygen atoms in total. The molecule has 0 bridgehead atoms. The molecule has 0 saturated heterocycles. The standard InChI is InChI=1S/C10H21NO4/c1-4-6-14-8-15-7-5-10(9(2)3)11(12)13/h9-10H,4-8H2,1-3H3. The molecule has 0 radical (unpaired) electrons. The van der Waals surface area contributed by atoms with E-state index in [1.807, 2.05) is 20.8 Å². The van der Waals surface area contributed by atoms with Crippen LogP contribution < -0.4 is 0 Å². The predicted octanol–water partition coefficient (Wildman–Crippen LogP) is 2.08. The minimum absolute atomic E-state index is 0.0418. The Morgan fingerprint density at radius 2 is 1.87 bits per heavy atom. The fraction of sp³-hybridized carbons (Fsp3) is 1.00. The average Bonchev–Trinajstić information content (AvgIpc) is 2.15. The van der Waals surface area contributed by atoms with E-state index in [1.165, 1.54) is 0 Å². The lowest BCUT2D eigenvalue weighted by Crippen LogP contribution is -2.27. The van der Waals surface area contributed by atoms with Crippen LogP contribution in [-0.2, 0) is 9.47 Å². The van der Waals surface area contributed by atoms with E-state index in [4.69, 9.17) is 9.47 Å². The molecule has 0 saturated carbocycles. The third-order valence-electron chi connectivity index (χ3n) is 2.11. The minimum Gasteiger partial charge on any atom is -0.355 e. The first-order valence-electron chi connectivity index (χ1n) is 5.38. The van der Waals surface area contributed by atoms with Gasteiger partial charge in [-0.2, -0.15) is 0 Å². The van der Waals surface area contributed by atoms with Crippen molar-refractivity contribution >= 4 is 0 Å². The highest BCUT2D eigenvalue weighted by Crippen LogP contribution is 2.09. The number of ether oxygens (including phenoxy) is 2. The van der Waals surface area contributed by atoms with E-state index >= 15 is 0 Å². The molecule has 1 atom stereocenters. The van der Waals surface area contributed by atoms with Crippen LogP contribution >= 0.6 is 0 Å². The Balaban J connectivity index is 3.50. The molecule has 0 rings (SSSR count). The molecule has 0 aliphatic rings. The molecule has 0 fully saturated rings. The second kappa shape index (κ2) is 8.61. The molecule has 0 amide bonds. The van der Waals surface area contributed by atoms with Gasteiger partial charge in [-0.1, -0.05) is 20.8 Å². The SMILES string of the molecule is CCCOCOCCC(C(C)C)[N+](=O)[O-]. The third-order valence-corrected chi connectivity index (χ3v) is 2.11. The van der Waals surface area contributed by atoms with Gasteiger partial charge in [0.2, 0.25) is 6.04 Å². The van der Waals surface area contributed by atoms with E-state index in [0.717, 1.165) is 6.42 Å². The van der Waals surface area contributed by atoms with Crippen LogP contribution in [0.5, 0.6) is 0 Å². The largest absolute Gasteiger partial charge is 0.355 e. The molecule has 0 aliphatic carbocycles. The molecule has 0 aromatic rings. The summed E-state index contributed by atoms with van der Waals surface area (Å²) in [6.45, 7) is 7.00. The van der Waals surface area contributed by atoms with Crippen molar-refractivity contribution in [1.29, 1.82) is 0 Å². The molecular formula is C10H21NO4. The molecule has 1 unspecified atom stereocenters. The highest BCUT2D eigenvalue weighted by Gasteiger charge is 2.23. The Morgan fingerprint density at radius 3 is 2.33 bits per heavy atom. The normalized spacial score (nSPS) is 13.1. The highest BCUT2D eigenvalue weighted by atomic mass is 16.7. The van der Waals surface area contributed by atoms with Crippen LogP contribution in [0.15, 0.2) is 0 Å². The summed E-state index contributed by atoms with van der Waals surface area (Å²) in [5.74, 6) is 0.0418. The van der Waals surface area contributed by atoms with Gasteiger partial charge in [-0.05, 0) is 6.42 Å². The van der Waals surface area contributed by atoms with Crippen LogP contribution in [0.1, 0.15) is 33.6 Å². The van der Waals surface area contributed by atoms with E-state index < -0.39 is 6.04 Å². The Kier molecular flexibility index (Phi) is 8.22. The van der Waals surface area contributed by atoms with Gasteiger partial charge in [-0.3, -0.25) is 10.1 Å². The van der Waals surface area contributed by atoms with Gasteiger partial charge >= 0.3 is 0 Å². The van der Waals surface area contributed by atoms with E-state index in [9.17, 15) is 10.1 Å². The van der Waals surface area contributed by atoms with Gasteiger partial charge < -0.3 is 9.47 Å². The van der Waals surface area contributed by atoms with Crippen LogP contribution in [0.2, 0.25) is 0 Å². The second-order valence-corrected chi connectivity index (χ2v) is 3.82. The molecule has 0 spiro atoms. The highest BCUT2D eigenvalue weighted by molar-refractivity contribution is 4.60. The van der Waals surface area contributed by atoms with Gasteiger partial charge in [0.15, 0.2) is 0 Å². The molecule has 0 heterocycles. The van der Waals surface area contributed by atoms with Crippen molar-refractivity contribution < 1.29 is 14.4 Å². The van der Waals surface area contributed by atoms with Crippen LogP contribution in [0.25, 0.3) is 0 Å². The molecule has 5 heteroatoms. The number of hydrogen-bond acceptors (Lipinski definition) is 4. The summed E-state index contributed by atoms with van der Waals surface area (Å²) in [5, 5.41) is 10.6. The monoisotopic (exact) mass is 219 g/mol. The lowest BCUT2D eigenvalue weighted by atomic mass is 10.0. The first-order chi connectivity index (χ1) is 7.09. The van der Waals surface area contributed by atoms with Crippen molar-refractivity contribution in [1.82, 2.24) is 0 Å². The Bertz CT molecular complexity index is 173. The molecule has 0 aliphatic heterocycles. The van der Waals surface area contributed by atoms with Crippen molar-refractivity contribution in [3.05, 3.63) is 10.1 Å². The zero-order valence-electron chi connectivity index (χ0n) is 9.77. The topological polar surface area (TPSA) is 61.6 Å². The molecule has 90 valence electrons. The quantitative estimate of drug-likeness (QED) is 0.258. The maximum Gasteiger partial charge on any atom is 0.217 e. The molecular weight excluding hydrogens is 198 g/mol. The summed E-state index contributed by atoms with van der Waals surface area (Å²) >= 11 is 0. The number of hydrogen-bond donors (Lipinski definition) is 0. The zero-order chi connectivity index (χ0) is 11.7. The van der Waals surface area contributed by atoms with Crippen molar-refractivity contribution in [2.75, 3.05) is 20.0 Å². The summed E-state index contributed by atoms with van der Waals surface area (Å²) in [4.78, 5) is 10.4. The molecule has 15 heavy (non-hydrogen) atoms. The van der Waals surface area contributed by atoms with Gasteiger partial charge in [0.1, 0.15) is 6.79 Å². The molecule has 0 aromatic heterocycles. The zero-order valence-corrected chi connectivity index (χ0v) is 9.77. The summed E-state index contributed by atoms with van der Waals surface area (Å²) in [6.07, 6.45) is 1.40. The minimum atomic E-state index is -0.517. The van der Waals surface area contributed by atoms with Gasteiger partial charge in [-0.25, -0.2) is 0 Å². The first-order valence-corrected chi connectivity index (χ1v) is 5.38. The van der Waals surface area contributed by atoms with E-state index in [-0.39, 0.29) is 17.6 Å². The van der Waals surface area contributed by atoms with E-state index in [0.29, 0.717) is 19.6 Å². The Hall–Kier alpha value is -0.680. The summed E-state index contributed by atoms with van der Waals surface area (Å²) in [6, 6.07) is -0.517. The van der Waals surface area contributed by atoms with Crippen molar-refractivity contribution in [2.24, 2.45) is 5.92 Å². The molecule has 0 N–H and O–H groups in total. The smallest absolute Gasteiger partial charge is 0.217 e. The van der Waals surface area contributed by atoms with Crippen LogP contribution in [0, 0.1) is 16.0 Å². The summed E-state index contributed by atoms with van der Waals surface area (Å²) < 4.78 is 10.2. The van der Waals surface area contributed by atoms with Crippen molar-refractivity contribution in [3.8, 4) is 0 Å². The number of nitro groups is 1. The Labute approximate surface area is 90.9 Å². The molecule has 0 aromatic carbocycles. The average molecular weight is 219 g/mol. The van der Waals surface area contributed by atoms with E-state index in [2.05, 4.69) is 0 Å². The van der Waals surface area contributed by atoms with Crippen LogP contribution in [0.4, 0.5) is 0 Å². The fourth-order valence-corrected chi connectivity index (χ4v) is 1.21. The fourth-order valence-electron chi connectivity index (χ4n) is 1.21. The summed E-state index contributed by atoms with van der Waals surface area (Å²) in [5.41, 5.74) is 0. The first kappa shape index (κ1) is 14.3. The summed E-state index contributed by atoms with van der Waals surface area (Å²) in [7, 11) is 0. The van der Waals surface area contributed by atoms with Crippen LogP contribution in [-0.4, -0.2) is 31.0 Å². The van der Waals surface area contributed by atoms with Crippen molar-refractivity contribution in [2.45, 2.75) is 39.7 Å². The van der Waals surface area contributed by atoms with Gasteiger partial charge in [0.25, 0.3) is 0 Å². The second-order valence-electron chi connectivity index (χ2n) is 3.82. The maximum atomic E-state index is 10.6. The lowest BCUT2D eigenvalue weighted by molar-refractivity contribution is -0.532. The lowest BCUT2D eigenvalue weighted by Gasteiger charge is -2.12. The number of nitrogens with zero attached hydrogens (tertiary/aromatic N) is 1. The predicted molar refractivity (Wildman–Crippen MR) is 57.3 cm³/mol. The van der Waals surface area contributed by atoms with E-state index in [1.54, 1.807) is 0 Å². The van der Waals surface area contributed by atoms with Gasteiger partial charge in [0, 0.05) is 23.9 Å². The maximum absolute atomic E-state index is 10.6. The van der Waals surface area contributed by atoms with Gasteiger partial charge in [-0.15, -0.1) is 0 Å². The Morgan fingerprint density at radius 1 is 1.27 bits per heavy atom. The third kappa shape index (κ3) is 7.27. The number of rotatable bonds is 9.